The summed E-state index contributed by atoms with van der Waals surface area (Å²) in [7, 11) is 4.31. The van der Waals surface area contributed by atoms with E-state index < -0.39 is 0 Å². The summed E-state index contributed by atoms with van der Waals surface area (Å²) < 4.78 is 5.45. The van der Waals surface area contributed by atoms with E-state index in [4.69, 9.17) is 27.7 Å². The molecule has 1 saturated carbocycles. The molecule has 156 valence electrons. The van der Waals surface area contributed by atoms with Crippen LogP contribution in [-0.4, -0.2) is 29.1 Å². The molecule has 1 heterocycles. The highest BCUT2D eigenvalue weighted by molar-refractivity contribution is 6.30. The Balaban J connectivity index is 1.43. The molecule has 1 unspecified atom stereocenters. The highest BCUT2D eigenvalue weighted by atomic mass is 35.5. The second kappa shape index (κ2) is 9.34. The fraction of sp³-hybridized carbons (Fsp3) is 0.333. The summed E-state index contributed by atoms with van der Waals surface area (Å²) in [6.07, 6.45) is 6.41. The van der Waals surface area contributed by atoms with E-state index in [1.165, 1.54) is 11.1 Å². The molecule has 0 N–H and O–H groups in total. The van der Waals surface area contributed by atoms with Crippen LogP contribution in [0.15, 0.2) is 58.6 Å². The molecule has 4 rings (SSSR count). The Kier molecular flexibility index (Phi) is 6.57. The minimum absolute atomic E-state index is 0.392. The molecule has 0 amide bonds. The maximum atomic E-state index is 6.08. The molecule has 1 atom stereocenters. The van der Waals surface area contributed by atoms with Gasteiger partial charge in [-0.15, -0.1) is 0 Å². The number of aromatic nitrogens is 2. The van der Waals surface area contributed by atoms with Crippen molar-refractivity contribution in [1.29, 1.82) is 0 Å². The molecule has 3 aromatic rings. The third-order valence-electron chi connectivity index (χ3n) is 5.76. The van der Waals surface area contributed by atoms with Crippen LogP contribution < -0.4 is 0 Å². The summed E-state index contributed by atoms with van der Waals surface area (Å²) in [4.78, 5) is 6.84. The summed E-state index contributed by atoms with van der Waals surface area (Å²) in [6.45, 7) is 0. The third kappa shape index (κ3) is 4.94. The fourth-order valence-electron chi connectivity index (χ4n) is 4.31. The number of rotatable bonds is 5. The van der Waals surface area contributed by atoms with Crippen molar-refractivity contribution >= 4 is 29.3 Å². The zero-order chi connectivity index (χ0) is 21.1. The molecule has 1 aliphatic rings. The molecule has 30 heavy (non-hydrogen) atoms. The zero-order valence-corrected chi connectivity index (χ0v) is 18.7. The van der Waals surface area contributed by atoms with E-state index >= 15 is 0 Å². The quantitative estimate of drug-likeness (QED) is 0.430. The van der Waals surface area contributed by atoms with Gasteiger partial charge in [-0.3, -0.25) is 0 Å². The van der Waals surface area contributed by atoms with Crippen molar-refractivity contribution in [3.05, 3.63) is 75.6 Å². The fourth-order valence-corrected chi connectivity index (χ4v) is 4.56. The molecule has 0 radical (unpaired) electrons. The maximum Gasteiger partial charge on any atom is 0.250 e. The molecule has 4 nitrogen and oxygen atoms in total. The molecule has 0 saturated heterocycles. The lowest BCUT2D eigenvalue weighted by Crippen LogP contribution is -2.29. The van der Waals surface area contributed by atoms with Gasteiger partial charge in [0.1, 0.15) is 0 Å². The standard InChI is InChI=1S/C24H25Cl2N3O/c1-29(2)23(18-7-11-20(25)12-8-18)17-5-3-16(4-6-17)15-22-27-24(28-30-22)19-9-13-21(26)14-10-19/h7-15,17,23H,3-6H2,1-2H3. The lowest BCUT2D eigenvalue weighted by Gasteiger charge is -2.36. The molecular weight excluding hydrogens is 417 g/mol. The molecular formula is C24H25Cl2N3O. The number of allylic oxidation sites excluding steroid dienone is 1. The second-order valence-corrected chi connectivity index (χ2v) is 8.94. The van der Waals surface area contributed by atoms with E-state index in [1.807, 2.05) is 36.4 Å². The molecule has 0 spiro atoms. The Hall–Kier alpha value is -2.14. The van der Waals surface area contributed by atoms with Gasteiger partial charge in [0.2, 0.25) is 5.82 Å². The Morgan fingerprint density at radius 1 is 0.967 bits per heavy atom. The largest absolute Gasteiger partial charge is 0.334 e. The predicted molar refractivity (Wildman–Crippen MR) is 123 cm³/mol. The van der Waals surface area contributed by atoms with Gasteiger partial charge in [-0.05, 0) is 87.7 Å². The van der Waals surface area contributed by atoms with E-state index in [9.17, 15) is 0 Å². The van der Waals surface area contributed by atoms with Gasteiger partial charge in [-0.2, -0.15) is 4.98 Å². The van der Waals surface area contributed by atoms with Crippen LogP contribution in [0.3, 0.4) is 0 Å². The molecule has 2 aromatic carbocycles. The minimum Gasteiger partial charge on any atom is -0.334 e. The van der Waals surface area contributed by atoms with Gasteiger partial charge >= 0.3 is 0 Å². The van der Waals surface area contributed by atoms with Crippen molar-refractivity contribution in [1.82, 2.24) is 15.0 Å². The van der Waals surface area contributed by atoms with Crippen LogP contribution in [0.1, 0.15) is 43.2 Å². The highest BCUT2D eigenvalue weighted by Crippen LogP contribution is 2.39. The first-order valence-electron chi connectivity index (χ1n) is 10.2. The van der Waals surface area contributed by atoms with Gasteiger partial charge in [0, 0.05) is 27.7 Å². The first-order chi connectivity index (χ1) is 14.5. The zero-order valence-electron chi connectivity index (χ0n) is 17.2. The maximum absolute atomic E-state index is 6.08. The SMILES string of the molecule is CN(C)C(c1ccc(Cl)cc1)C1CCC(=Cc2nc(-c3ccc(Cl)cc3)no2)CC1. The van der Waals surface area contributed by atoms with Gasteiger partial charge in [0.15, 0.2) is 0 Å². The Bertz CT molecular complexity index is 1000. The van der Waals surface area contributed by atoms with E-state index in [2.05, 4.69) is 47.3 Å². The number of hydrogen-bond acceptors (Lipinski definition) is 4. The predicted octanol–water partition coefficient (Wildman–Crippen LogP) is 6.92. The first-order valence-corrected chi connectivity index (χ1v) is 11.0. The van der Waals surface area contributed by atoms with Crippen molar-refractivity contribution in [3.63, 3.8) is 0 Å². The van der Waals surface area contributed by atoms with Gasteiger partial charge < -0.3 is 9.42 Å². The molecule has 1 aromatic heterocycles. The smallest absolute Gasteiger partial charge is 0.250 e. The Morgan fingerprint density at radius 3 is 2.17 bits per heavy atom. The van der Waals surface area contributed by atoms with Crippen LogP contribution in [0.4, 0.5) is 0 Å². The van der Waals surface area contributed by atoms with E-state index in [1.54, 1.807) is 0 Å². The topological polar surface area (TPSA) is 42.2 Å². The van der Waals surface area contributed by atoms with Crippen LogP contribution in [-0.2, 0) is 0 Å². The van der Waals surface area contributed by atoms with Crippen LogP contribution in [0.2, 0.25) is 10.0 Å². The van der Waals surface area contributed by atoms with Crippen molar-refractivity contribution in [3.8, 4) is 11.4 Å². The minimum atomic E-state index is 0.392. The van der Waals surface area contributed by atoms with Crippen molar-refractivity contribution in [2.24, 2.45) is 5.92 Å². The van der Waals surface area contributed by atoms with Crippen LogP contribution in [0, 0.1) is 5.92 Å². The van der Waals surface area contributed by atoms with Gasteiger partial charge in [0.05, 0.1) is 0 Å². The number of halogens is 2. The van der Waals surface area contributed by atoms with Gasteiger partial charge in [-0.1, -0.05) is 46.1 Å². The average molecular weight is 442 g/mol. The Labute approximate surface area is 187 Å². The van der Waals surface area contributed by atoms with Crippen molar-refractivity contribution < 1.29 is 4.52 Å². The van der Waals surface area contributed by atoms with E-state index in [0.29, 0.717) is 28.7 Å². The third-order valence-corrected chi connectivity index (χ3v) is 6.26. The highest BCUT2D eigenvalue weighted by Gasteiger charge is 2.28. The molecule has 6 heteroatoms. The summed E-state index contributed by atoms with van der Waals surface area (Å²) >= 11 is 12.0. The first kappa shape index (κ1) is 21.1. The molecule has 1 fully saturated rings. The van der Waals surface area contributed by atoms with Crippen LogP contribution in [0.5, 0.6) is 0 Å². The monoisotopic (exact) mass is 441 g/mol. The molecule has 1 aliphatic carbocycles. The molecule has 0 bridgehead atoms. The number of benzene rings is 2. The number of nitrogens with zero attached hydrogens (tertiary/aromatic N) is 3. The van der Waals surface area contributed by atoms with Crippen molar-refractivity contribution in [2.75, 3.05) is 14.1 Å². The number of hydrogen-bond donors (Lipinski definition) is 0. The lowest BCUT2D eigenvalue weighted by atomic mass is 9.78. The lowest BCUT2D eigenvalue weighted by molar-refractivity contribution is 0.184. The molecule has 0 aliphatic heterocycles. The summed E-state index contributed by atoms with van der Waals surface area (Å²) in [5, 5.41) is 5.57. The normalized spacial score (nSPS) is 17.9. The van der Waals surface area contributed by atoms with Crippen LogP contribution in [0.25, 0.3) is 17.5 Å². The Morgan fingerprint density at radius 2 is 1.57 bits per heavy atom. The summed E-state index contributed by atoms with van der Waals surface area (Å²) in [6, 6.07) is 16.1. The van der Waals surface area contributed by atoms with E-state index in [-0.39, 0.29) is 0 Å². The average Bonchev–Trinajstić information content (AvgIpc) is 3.20. The summed E-state index contributed by atoms with van der Waals surface area (Å²) in [5.74, 6) is 1.75. The van der Waals surface area contributed by atoms with Crippen molar-refractivity contribution in [2.45, 2.75) is 31.7 Å². The van der Waals surface area contributed by atoms with Gasteiger partial charge in [-0.25, -0.2) is 0 Å². The van der Waals surface area contributed by atoms with E-state index in [0.717, 1.165) is 36.3 Å². The van der Waals surface area contributed by atoms with Crippen LogP contribution >= 0.6 is 23.2 Å². The summed E-state index contributed by atoms with van der Waals surface area (Å²) in [5.41, 5.74) is 3.59. The second-order valence-electron chi connectivity index (χ2n) is 8.06. The van der Waals surface area contributed by atoms with Gasteiger partial charge in [0.25, 0.3) is 5.89 Å².